The number of aromatic nitrogens is 1. The van der Waals surface area contributed by atoms with Crippen molar-refractivity contribution >= 4 is 32.9 Å². The third-order valence-electron chi connectivity index (χ3n) is 4.64. The zero-order valence-corrected chi connectivity index (χ0v) is 17.1. The molecule has 0 saturated heterocycles. The van der Waals surface area contributed by atoms with Crippen LogP contribution in [0.5, 0.6) is 0 Å². The molecule has 1 aliphatic heterocycles. The van der Waals surface area contributed by atoms with E-state index in [1.807, 2.05) is 18.2 Å². The molecule has 9 heteroatoms. The highest BCUT2D eigenvalue weighted by Gasteiger charge is 2.18. The van der Waals surface area contributed by atoms with E-state index in [2.05, 4.69) is 20.9 Å². The molecule has 0 spiro atoms. The second-order valence-corrected chi connectivity index (χ2v) is 9.73. The Kier molecular flexibility index (Phi) is 5.61. The van der Waals surface area contributed by atoms with Crippen LogP contribution in [0.3, 0.4) is 0 Å². The monoisotopic (exact) mass is 428 g/mol. The lowest BCUT2D eigenvalue weighted by molar-refractivity contribution is 0.252. The first-order valence-corrected chi connectivity index (χ1v) is 11.6. The maximum Gasteiger partial charge on any atom is 0.319 e. The van der Waals surface area contributed by atoms with Gasteiger partial charge in [0, 0.05) is 29.9 Å². The molecule has 3 aromatic rings. The average Bonchev–Trinajstić information content (AvgIpc) is 3.38. The molecule has 29 heavy (non-hydrogen) atoms. The minimum absolute atomic E-state index is 0.0532. The summed E-state index contributed by atoms with van der Waals surface area (Å²) in [5.41, 5.74) is 5.37. The van der Waals surface area contributed by atoms with Crippen LogP contribution in [0, 0.1) is 0 Å². The van der Waals surface area contributed by atoms with Crippen molar-refractivity contribution in [2.75, 3.05) is 5.32 Å². The molecular formula is C20H20N4O3S2. The molecule has 0 saturated carbocycles. The smallest absolute Gasteiger partial charge is 0.319 e. The number of rotatable bonds is 6. The fourth-order valence-corrected chi connectivity index (χ4v) is 5.03. The first-order chi connectivity index (χ1) is 14.0. The van der Waals surface area contributed by atoms with Gasteiger partial charge in [-0.3, -0.25) is 4.98 Å². The lowest BCUT2D eigenvalue weighted by Crippen LogP contribution is -2.27. The number of hydrogen-bond acceptors (Lipinski definition) is 6. The van der Waals surface area contributed by atoms with E-state index in [0.29, 0.717) is 12.2 Å². The number of anilines is 1. The summed E-state index contributed by atoms with van der Waals surface area (Å²) in [6, 6.07) is 11.7. The van der Waals surface area contributed by atoms with Crippen molar-refractivity contribution in [3.8, 4) is 0 Å². The van der Waals surface area contributed by atoms with Crippen LogP contribution in [-0.2, 0) is 35.2 Å². The van der Waals surface area contributed by atoms with Crippen molar-refractivity contribution in [2.45, 2.75) is 30.3 Å². The maximum atomic E-state index is 12.7. The van der Waals surface area contributed by atoms with Gasteiger partial charge in [0.2, 0.25) is 0 Å². The fraction of sp³-hybridized carbons (Fsp3) is 0.200. The van der Waals surface area contributed by atoms with E-state index in [9.17, 15) is 13.2 Å². The number of urea groups is 1. The van der Waals surface area contributed by atoms with Gasteiger partial charge in [0.25, 0.3) is 0 Å². The maximum absolute atomic E-state index is 12.7. The number of amides is 2. The van der Waals surface area contributed by atoms with Gasteiger partial charge in [0.1, 0.15) is 0 Å². The average molecular weight is 429 g/mol. The Labute approximate surface area is 173 Å². The summed E-state index contributed by atoms with van der Waals surface area (Å²) in [6.07, 6.45) is 1.70. The van der Waals surface area contributed by atoms with E-state index >= 15 is 0 Å². The lowest BCUT2D eigenvalue weighted by atomic mass is 10.1. The molecule has 1 aliphatic rings. The van der Waals surface area contributed by atoms with Crippen LogP contribution < -0.4 is 16.0 Å². The molecule has 0 atom stereocenters. The molecule has 2 aromatic carbocycles. The van der Waals surface area contributed by atoms with Crippen molar-refractivity contribution in [1.82, 2.24) is 15.6 Å². The Hall–Kier alpha value is -2.75. The van der Waals surface area contributed by atoms with E-state index in [4.69, 9.17) is 0 Å². The van der Waals surface area contributed by atoms with Crippen LogP contribution in [-0.4, -0.2) is 19.4 Å². The number of hydrogen-bond donors (Lipinski definition) is 3. The molecular weight excluding hydrogens is 408 g/mol. The Morgan fingerprint density at radius 3 is 2.66 bits per heavy atom. The van der Waals surface area contributed by atoms with Gasteiger partial charge in [-0.2, -0.15) is 0 Å². The van der Waals surface area contributed by atoms with E-state index in [1.54, 1.807) is 23.8 Å². The molecule has 1 aromatic heterocycles. The molecule has 0 radical (unpaired) electrons. The van der Waals surface area contributed by atoms with Gasteiger partial charge in [0.15, 0.2) is 9.84 Å². The molecule has 3 N–H and O–H groups in total. The highest BCUT2D eigenvalue weighted by molar-refractivity contribution is 7.90. The Morgan fingerprint density at radius 1 is 1.10 bits per heavy atom. The number of fused-ring (bicyclic) bond motifs is 1. The summed E-state index contributed by atoms with van der Waals surface area (Å²) >= 11 is 1.46. The van der Waals surface area contributed by atoms with Crippen LogP contribution in [0.25, 0.3) is 0 Å². The molecule has 4 rings (SSSR count). The number of nitrogens with one attached hydrogen (secondary N) is 3. The number of benzene rings is 2. The van der Waals surface area contributed by atoms with Gasteiger partial charge in [-0.05, 0) is 41.0 Å². The van der Waals surface area contributed by atoms with Gasteiger partial charge in [-0.1, -0.05) is 18.2 Å². The van der Waals surface area contributed by atoms with Crippen molar-refractivity contribution < 1.29 is 13.2 Å². The Bertz CT molecular complexity index is 1110. The Morgan fingerprint density at radius 2 is 1.90 bits per heavy atom. The molecule has 2 heterocycles. The SMILES string of the molecule is O=C(NCc1cncs1)Nc1ccc(S(=O)(=O)Cc2ccc3c(c2)CNC3)cc1. The highest BCUT2D eigenvalue weighted by Crippen LogP contribution is 2.22. The number of thiazole rings is 1. The summed E-state index contributed by atoms with van der Waals surface area (Å²) < 4.78 is 25.5. The quantitative estimate of drug-likeness (QED) is 0.560. The minimum Gasteiger partial charge on any atom is -0.333 e. The second kappa shape index (κ2) is 8.32. The Balaban J connectivity index is 1.38. The zero-order valence-electron chi connectivity index (χ0n) is 15.5. The third kappa shape index (κ3) is 4.81. The van der Waals surface area contributed by atoms with Crippen molar-refractivity contribution in [2.24, 2.45) is 0 Å². The molecule has 2 amide bonds. The van der Waals surface area contributed by atoms with Crippen molar-refractivity contribution in [1.29, 1.82) is 0 Å². The van der Waals surface area contributed by atoms with E-state index < -0.39 is 9.84 Å². The molecule has 150 valence electrons. The second-order valence-electron chi connectivity index (χ2n) is 6.77. The van der Waals surface area contributed by atoms with E-state index in [-0.39, 0.29) is 16.7 Å². The van der Waals surface area contributed by atoms with E-state index in [1.165, 1.54) is 29.0 Å². The number of sulfone groups is 1. The van der Waals surface area contributed by atoms with Crippen molar-refractivity contribution in [3.05, 3.63) is 75.7 Å². The van der Waals surface area contributed by atoms with Gasteiger partial charge >= 0.3 is 6.03 Å². The number of nitrogens with zero attached hydrogens (tertiary/aromatic N) is 1. The molecule has 0 aliphatic carbocycles. The largest absolute Gasteiger partial charge is 0.333 e. The highest BCUT2D eigenvalue weighted by atomic mass is 32.2. The predicted molar refractivity (Wildman–Crippen MR) is 112 cm³/mol. The third-order valence-corrected chi connectivity index (χ3v) is 7.12. The van der Waals surface area contributed by atoms with Crippen LogP contribution >= 0.6 is 11.3 Å². The molecule has 0 bridgehead atoms. The summed E-state index contributed by atoms with van der Waals surface area (Å²) in [5, 5.41) is 8.68. The van der Waals surface area contributed by atoms with Crippen LogP contribution in [0.4, 0.5) is 10.5 Å². The molecule has 0 unspecified atom stereocenters. The fourth-order valence-electron chi connectivity index (χ4n) is 3.16. The lowest BCUT2D eigenvalue weighted by Gasteiger charge is -2.09. The van der Waals surface area contributed by atoms with E-state index in [0.717, 1.165) is 29.1 Å². The summed E-state index contributed by atoms with van der Waals surface area (Å²) in [6.45, 7) is 1.99. The normalized spacial score (nSPS) is 13.1. The standard InChI is InChI=1S/C20H20N4O3S2/c25-20(23-11-18-10-22-13-28-18)24-17-3-5-19(6-4-17)29(26,27)12-14-1-2-15-8-21-9-16(15)7-14/h1-7,10,13,21H,8-9,11-12H2,(H2,23,24,25). The topological polar surface area (TPSA) is 100 Å². The van der Waals surface area contributed by atoms with Gasteiger partial charge in [-0.15, -0.1) is 11.3 Å². The molecule has 7 nitrogen and oxygen atoms in total. The van der Waals surface area contributed by atoms with Crippen LogP contribution in [0.15, 0.2) is 59.1 Å². The summed E-state index contributed by atoms with van der Waals surface area (Å²) in [5.74, 6) is -0.0532. The molecule has 0 fully saturated rings. The van der Waals surface area contributed by atoms with Gasteiger partial charge < -0.3 is 16.0 Å². The minimum atomic E-state index is -3.47. The predicted octanol–water partition coefficient (Wildman–Crippen LogP) is 3.04. The summed E-state index contributed by atoms with van der Waals surface area (Å²) in [7, 11) is -3.47. The van der Waals surface area contributed by atoms with Crippen molar-refractivity contribution in [3.63, 3.8) is 0 Å². The first-order valence-electron chi connectivity index (χ1n) is 9.06. The number of carbonyl (C=O) groups is 1. The van der Waals surface area contributed by atoms with Gasteiger partial charge in [0.05, 0.1) is 22.7 Å². The zero-order chi connectivity index (χ0) is 20.3. The van der Waals surface area contributed by atoms with Crippen LogP contribution in [0.2, 0.25) is 0 Å². The van der Waals surface area contributed by atoms with Crippen LogP contribution in [0.1, 0.15) is 21.6 Å². The number of carbonyl (C=O) groups excluding carboxylic acids is 1. The summed E-state index contributed by atoms with van der Waals surface area (Å²) in [4.78, 5) is 17.1. The van der Waals surface area contributed by atoms with Gasteiger partial charge in [-0.25, -0.2) is 13.2 Å². The first kappa shape index (κ1) is 19.6.